The Balaban J connectivity index is 2.14. The molecule has 0 bridgehead atoms. The second-order valence-corrected chi connectivity index (χ2v) is 7.62. The Morgan fingerprint density at radius 2 is 1.92 bits per heavy atom. The van der Waals surface area contributed by atoms with Crippen LogP contribution >= 0.6 is 15.9 Å². The highest BCUT2D eigenvalue weighted by molar-refractivity contribution is 9.10. The van der Waals surface area contributed by atoms with E-state index in [2.05, 4.69) is 15.9 Å². The standard InChI is InChI=1S/C15H11BrF2N2O5S/c16-11-6-5-10(20(22)23)8-13(11)26(24,25)19-14(21)7-4-9-2-1-3-12(17)15(9)18/h1-3,5-6,8H,4,7H2,(H,19,21). The maximum absolute atomic E-state index is 13.5. The number of nitrogens with zero attached hydrogens (tertiary/aromatic N) is 1. The van der Waals surface area contributed by atoms with Gasteiger partial charge in [-0.3, -0.25) is 14.9 Å². The summed E-state index contributed by atoms with van der Waals surface area (Å²) < 4.78 is 52.9. The van der Waals surface area contributed by atoms with Crippen LogP contribution in [-0.2, 0) is 21.2 Å². The zero-order valence-electron chi connectivity index (χ0n) is 12.9. The van der Waals surface area contributed by atoms with E-state index in [1.54, 1.807) is 4.72 Å². The number of carbonyl (C=O) groups is 1. The fraction of sp³-hybridized carbons (Fsp3) is 0.133. The number of sulfonamides is 1. The number of hydrogen-bond acceptors (Lipinski definition) is 5. The number of nitro benzene ring substituents is 1. The molecular formula is C15H11BrF2N2O5S. The van der Waals surface area contributed by atoms with Gasteiger partial charge in [-0.05, 0) is 40.0 Å². The van der Waals surface area contributed by atoms with Gasteiger partial charge < -0.3 is 0 Å². The molecule has 1 N–H and O–H groups in total. The molecule has 2 aromatic carbocycles. The normalized spacial score (nSPS) is 11.2. The van der Waals surface area contributed by atoms with E-state index in [1.165, 1.54) is 18.2 Å². The molecule has 0 spiro atoms. The van der Waals surface area contributed by atoms with E-state index < -0.39 is 49.5 Å². The first-order valence-electron chi connectivity index (χ1n) is 7.04. The second kappa shape index (κ2) is 7.87. The van der Waals surface area contributed by atoms with Crippen molar-refractivity contribution >= 4 is 37.5 Å². The number of amides is 1. The van der Waals surface area contributed by atoms with E-state index >= 15 is 0 Å². The third-order valence-corrected chi connectivity index (χ3v) is 5.68. The average molecular weight is 449 g/mol. The van der Waals surface area contributed by atoms with Crippen LogP contribution < -0.4 is 4.72 Å². The molecule has 0 fully saturated rings. The van der Waals surface area contributed by atoms with Crippen molar-refractivity contribution < 1.29 is 26.9 Å². The van der Waals surface area contributed by atoms with E-state index in [0.29, 0.717) is 0 Å². The number of rotatable bonds is 6. The quantitative estimate of drug-likeness (QED) is 0.539. The average Bonchev–Trinajstić information content (AvgIpc) is 2.55. The van der Waals surface area contributed by atoms with Crippen molar-refractivity contribution in [3.63, 3.8) is 0 Å². The Labute approximate surface area is 155 Å². The highest BCUT2D eigenvalue weighted by atomic mass is 79.9. The van der Waals surface area contributed by atoms with E-state index in [9.17, 15) is 32.1 Å². The molecule has 0 unspecified atom stereocenters. The minimum atomic E-state index is -4.39. The molecule has 0 atom stereocenters. The van der Waals surface area contributed by atoms with Gasteiger partial charge in [-0.15, -0.1) is 0 Å². The number of nitro groups is 1. The summed E-state index contributed by atoms with van der Waals surface area (Å²) in [5.41, 5.74) is -0.545. The van der Waals surface area contributed by atoms with E-state index in [1.807, 2.05) is 0 Å². The molecular weight excluding hydrogens is 438 g/mol. The SMILES string of the molecule is O=C(CCc1cccc(F)c1F)NS(=O)(=O)c1cc([N+](=O)[O-])ccc1Br. The fourth-order valence-corrected chi connectivity index (χ4v) is 4.06. The van der Waals surface area contributed by atoms with Gasteiger partial charge in [0.05, 0.1) is 4.92 Å². The lowest BCUT2D eigenvalue weighted by molar-refractivity contribution is -0.385. The number of hydrogen-bond donors (Lipinski definition) is 1. The molecule has 0 aliphatic rings. The molecule has 26 heavy (non-hydrogen) atoms. The van der Waals surface area contributed by atoms with Crippen molar-refractivity contribution in [2.75, 3.05) is 0 Å². The van der Waals surface area contributed by atoms with Crippen LogP contribution in [0.15, 0.2) is 45.8 Å². The number of nitrogens with one attached hydrogen (secondary N) is 1. The van der Waals surface area contributed by atoms with Crippen LogP contribution in [0.25, 0.3) is 0 Å². The predicted octanol–water partition coefficient (Wildman–Crippen LogP) is 3.07. The number of halogens is 3. The van der Waals surface area contributed by atoms with Crippen LogP contribution in [0.3, 0.4) is 0 Å². The first-order valence-corrected chi connectivity index (χ1v) is 9.32. The number of aryl methyl sites for hydroxylation is 1. The largest absolute Gasteiger partial charge is 0.274 e. The van der Waals surface area contributed by atoms with Gasteiger partial charge in [0.2, 0.25) is 5.91 Å². The summed E-state index contributed by atoms with van der Waals surface area (Å²) in [4.78, 5) is 21.4. The van der Waals surface area contributed by atoms with Gasteiger partial charge >= 0.3 is 0 Å². The molecule has 138 valence electrons. The van der Waals surface area contributed by atoms with E-state index in [-0.39, 0.29) is 16.5 Å². The fourth-order valence-electron chi connectivity index (χ4n) is 2.06. The Kier molecular flexibility index (Phi) is 6.03. The monoisotopic (exact) mass is 448 g/mol. The third-order valence-electron chi connectivity index (χ3n) is 3.32. The van der Waals surface area contributed by atoms with Gasteiger partial charge in [-0.25, -0.2) is 21.9 Å². The second-order valence-electron chi connectivity index (χ2n) is 5.11. The summed E-state index contributed by atoms with van der Waals surface area (Å²) in [7, 11) is -4.39. The van der Waals surface area contributed by atoms with Gasteiger partial charge in [0.15, 0.2) is 11.6 Å². The smallest absolute Gasteiger partial charge is 0.270 e. The van der Waals surface area contributed by atoms with Crippen molar-refractivity contribution in [3.05, 3.63) is 68.2 Å². The lowest BCUT2D eigenvalue weighted by atomic mass is 10.1. The first kappa shape index (κ1) is 19.9. The van der Waals surface area contributed by atoms with Crippen molar-refractivity contribution in [2.45, 2.75) is 17.7 Å². The maximum atomic E-state index is 13.5. The van der Waals surface area contributed by atoms with Crippen molar-refractivity contribution in [3.8, 4) is 0 Å². The van der Waals surface area contributed by atoms with Crippen molar-refractivity contribution in [1.82, 2.24) is 4.72 Å². The molecule has 0 aliphatic carbocycles. The summed E-state index contributed by atoms with van der Waals surface area (Å²) in [6.45, 7) is 0. The molecule has 2 aromatic rings. The van der Waals surface area contributed by atoms with Gasteiger partial charge in [-0.2, -0.15) is 0 Å². The molecule has 0 saturated carbocycles. The highest BCUT2D eigenvalue weighted by Crippen LogP contribution is 2.26. The van der Waals surface area contributed by atoms with Gasteiger partial charge in [0.1, 0.15) is 4.90 Å². The molecule has 0 aromatic heterocycles. The minimum Gasteiger partial charge on any atom is -0.274 e. The zero-order chi connectivity index (χ0) is 19.5. The molecule has 0 heterocycles. The summed E-state index contributed by atoms with van der Waals surface area (Å²) >= 11 is 2.95. The summed E-state index contributed by atoms with van der Waals surface area (Å²) in [5, 5.41) is 10.8. The summed E-state index contributed by atoms with van der Waals surface area (Å²) in [5.74, 6) is -3.15. The summed E-state index contributed by atoms with van der Waals surface area (Å²) in [6, 6.07) is 6.52. The Hall–Kier alpha value is -2.40. The molecule has 7 nitrogen and oxygen atoms in total. The Bertz CT molecular complexity index is 982. The van der Waals surface area contributed by atoms with Crippen LogP contribution in [0.2, 0.25) is 0 Å². The van der Waals surface area contributed by atoms with Crippen LogP contribution in [0.4, 0.5) is 14.5 Å². The first-order chi connectivity index (χ1) is 12.1. The third kappa shape index (κ3) is 4.61. The molecule has 1 amide bonds. The van der Waals surface area contributed by atoms with Gasteiger partial charge in [0, 0.05) is 23.0 Å². The Morgan fingerprint density at radius 3 is 2.58 bits per heavy atom. The number of carbonyl (C=O) groups excluding carboxylic acids is 1. The Morgan fingerprint density at radius 1 is 1.23 bits per heavy atom. The molecule has 0 saturated heterocycles. The molecule has 0 radical (unpaired) electrons. The van der Waals surface area contributed by atoms with Crippen LogP contribution in [0, 0.1) is 21.7 Å². The van der Waals surface area contributed by atoms with Crippen LogP contribution in [-0.4, -0.2) is 19.2 Å². The predicted molar refractivity (Wildman–Crippen MR) is 90.8 cm³/mol. The molecule has 2 rings (SSSR count). The minimum absolute atomic E-state index is 0.0274. The molecule has 11 heteroatoms. The van der Waals surface area contributed by atoms with E-state index in [4.69, 9.17) is 0 Å². The zero-order valence-corrected chi connectivity index (χ0v) is 15.3. The molecule has 0 aliphatic heterocycles. The number of non-ortho nitro benzene ring substituents is 1. The number of benzene rings is 2. The van der Waals surface area contributed by atoms with Gasteiger partial charge in [-0.1, -0.05) is 12.1 Å². The van der Waals surface area contributed by atoms with Crippen LogP contribution in [0.5, 0.6) is 0 Å². The lowest BCUT2D eigenvalue weighted by Gasteiger charge is -2.09. The highest BCUT2D eigenvalue weighted by Gasteiger charge is 2.23. The van der Waals surface area contributed by atoms with Crippen LogP contribution in [0.1, 0.15) is 12.0 Å². The lowest BCUT2D eigenvalue weighted by Crippen LogP contribution is -2.31. The van der Waals surface area contributed by atoms with Crippen molar-refractivity contribution in [1.29, 1.82) is 0 Å². The van der Waals surface area contributed by atoms with Gasteiger partial charge in [0.25, 0.3) is 15.7 Å². The van der Waals surface area contributed by atoms with E-state index in [0.717, 1.165) is 18.2 Å². The summed E-state index contributed by atoms with van der Waals surface area (Å²) in [6.07, 6.45) is -0.646. The topological polar surface area (TPSA) is 106 Å². The maximum Gasteiger partial charge on any atom is 0.270 e. The van der Waals surface area contributed by atoms with Crippen molar-refractivity contribution in [2.24, 2.45) is 0 Å².